The molecule has 2 unspecified atom stereocenters. The molecule has 3 aromatic rings. The van der Waals surface area contributed by atoms with Crippen LogP contribution in [0.25, 0.3) is 17.0 Å². The van der Waals surface area contributed by atoms with Crippen molar-refractivity contribution in [3.8, 4) is 5.75 Å². The second-order valence-electron chi connectivity index (χ2n) is 8.90. The highest BCUT2D eigenvalue weighted by molar-refractivity contribution is 8.02. The maximum atomic E-state index is 13.7. The molecule has 168 valence electrons. The average Bonchev–Trinajstić information content (AvgIpc) is 3.28. The fraction of sp³-hybridized carbons (Fsp3) is 0.385. The number of benzene rings is 2. The van der Waals surface area contributed by atoms with Gasteiger partial charge >= 0.3 is 0 Å². The zero-order valence-electron chi connectivity index (χ0n) is 18.3. The van der Waals surface area contributed by atoms with Crippen LogP contribution in [0.4, 0.5) is 4.39 Å². The van der Waals surface area contributed by atoms with Gasteiger partial charge in [0.15, 0.2) is 0 Å². The minimum atomic E-state index is -0.540. The van der Waals surface area contributed by atoms with Crippen LogP contribution in [0.15, 0.2) is 53.6 Å². The number of β-amino-alcohol motifs (C(OH)–C–C–N with tert-alkyl or cyclic N) is 1. The number of halogens is 1. The van der Waals surface area contributed by atoms with E-state index < -0.39 is 6.10 Å². The second kappa shape index (κ2) is 9.30. The van der Waals surface area contributed by atoms with E-state index in [-0.39, 0.29) is 12.4 Å². The number of allylic oxidation sites excluding steroid dienone is 1. The molecule has 2 aromatic carbocycles. The van der Waals surface area contributed by atoms with Crippen molar-refractivity contribution in [2.24, 2.45) is 5.92 Å². The van der Waals surface area contributed by atoms with Crippen LogP contribution in [0.3, 0.4) is 0 Å². The van der Waals surface area contributed by atoms with Gasteiger partial charge in [-0.05, 0) is 84.7 Å². The molecule has 2 aliphatic heterocycles. The van der Waals surface area contributed by atoms with Gasteiger partial charge in [-0.15, -0.1) is 11.8 Å². The topological polar surface area (TPSA) is 48.5 Å². The summed E-state index contributed by atoms with van der Waals surface area (Å²) in [5, 5.41) is 11.7. The van der Waals surface area contributed by atoms with Crippen molar-refractivity contribution in [3.05, 3.63) is 70.5 Å². The SMILES string of the molecule is C[C@H]1CC(C2=Cc3cc(F)ccc3CS2)CCN1CC(O)COc1cccc2[nH]ccc12. The van der Waals surface area contributed by atoms with Crippen molar-refractivity contribution in [2.75, 3.05) is 19.7 Å². The van der Waals surface area contributed by atoms with Crippen molar-refractivity contribution in [3.63, 3.8) is 0 Å². The number of aromatic amines is 1. The third-order valence-electron chi connectivity index (χ3n) is 6.65. The molecule has 5 rings (SSSR count). The van der Waals surface area contributed by atoms with Gasteiger partial charge in [0.1, 0.15) is 24.3 Å². The number of fused-ring (bicyclic) bond motifs is 2. The van der Waals surface area contributed by atoms with Crippen molar-refractivity contribution in [1.29, 1.82) is 0 Å². The van der Waals surface area contributed by atoms with Crippen molar-refractivity contribution in [1.82, 2.24) is 9.88 Å². The van der Waals surface area contributed by atoms with Gasteiger partial charge in [-0.2, -0.15) is 0 Å². The maximum Gasteiger partial charge on any atom is 0.128 e. The van der Waals surface area contributed by atoms with E-state index in [4.69, 9.17) is 4.74 Å². The molecule has 2 N–H and O–H groups in total. The number of aliphatic hydroxyl groups is 1. The lowest BCUT2D eigenvalue weighted by Crippen LogP contribution is -2.46. The quantitative estimate of drug-likeness (QED) is 0.523. The molecular weight excluding hydrogens is 423 g/mol. The number of nitrogens with zero attached hydrogens (tertiary/aromatic N) is 1. The van der Waals surface area contributed by atoms with Gasteiger partial charge in [0.2, 0.25) is 0 Å². The summed E-state index contributed by atoms with van der Waals surface area (Å²) >= 11 is 1.89. The number of piperidine rings is 1. The lowest BCUT2D eigenvalue weighted by molar-refractivity contribution is 0.0380. The highest BCUT2D eigenvalue weighted by Crippen LogP contribution is 2.41. The summed E-state index contributed by atoms with van der Waals surface area (Å²) in [5.41, 5.74) is 3.27. The number of thioether (sulfide) groups is 1. The normalized spacial score (nSPS) is 22.4. The predicted molar refractivity (Wildman–Crippen MR) is 129 cm³/mol. The van der Waals surface area contributed by atoms with E-state index in [2.05, 4.69) is 22.9 Å². The first kappa shape index (κ1) is 21.6. The maximum absolute atomic E-state index is 13.7. The van der Waals surface area contributed by atoms with E-state index in [1.807, 2.05) is 48.3 Å². The number of hydrogen-bond donors (Lipinski definition) is 2. The monoisotopic (exact) mass is 452 g/mol. The van der Waals surface area contributed by atoms with Crippen LogP contribution in [-0.4, -0.2) is 46.8 Å². The van der Waals surface area contributed by atoms with Crippen LogP contribution in [0.2, 0.25) is 0 Å². The Morgan fingerprint density at radius 3 is 3.06 bits per heavy atom. The number of ether oxygens (including phenoxy) is 1. The molecule has 6 heteroatoms. The Labute approximate surface area is 192 Å². The highest BCUT2D eigenvalue weighted by Gasteiger charge is 2.30. The summed E-state index contributed by atoms with van der Waals surface area (Å²) < 4.78 is 19.6. The molecule has 1 fully saturated rings. The summed E-state index contributed by atoms with van der Waals surface area (Å²) in [6, 6.07) is 13.4. The molecule has 1 aromatic heterocycles. The molecule has 0 amide bonds. The number of aliphatic hydroxyl groups excluding tert-OH is 1. The summed E-state index contributed by atoms with van der Waals surface area (Å²) in [6.45, 7) is 4.07. The number of H-pyrrole nitrogens is 1. The van der Waals surface area contributed by atoms with Crippen molar-refractivity contribution >= 4 is 28.7 Å². The molecule has 0 radical (unpaired) electrons. The van der Waals surface area contributed by atoms with Gasteiger partial charge in [-0.1, -0.05) is 12.1 Å². The Morgan fingerprint density at radius 2 is 2.19 bits per heavy atom. The first-order valence-corrected chi connectivity index (χ1v) is 12.3. The van der Waals surface area contributed by atoms with Gasteiger partial charge in [-0.3, -0.25) is 4.90 Å². The summed E-state index contributed by atoms with van der Waals surface area (Å²) in [6.07, 6.45) is 5.66. The average molecular weight is 453 g/mol. The van der Waals surface area contributed by atoms with Crippen LogP contribution in [0.1, 0.15) is 30.9 Å². The molecule has 0 saturated carbocycles. The predicted octanol–water partition coefficient (Wildman–Crippen LogP) is 5.44. The Morgan fingerprint density at radius 1 is 1.28 bits per heavy atom. The second-order valence-corrected chi connectivity index (χ2v) is 9.95. The number of aromatic nitrogens is 1. The van der Waals surface area contributed by atoms with Crippen LogP contribution < -0.4 is 4.74 Å². The van der Waals surface area contributed by atoms with Gasteiger partial charge < -0.3 is 14.8 Å². The summed E-state index contributed by atoms with van der Waals surface area (Å²) in [7, 11) is 0. The molecular formula is C26H29FN2O2S. The number of nitrogens with one attached hydrogen (secondary N) is 1. The van der Waals surface area contributed by atoms with Gasteiger partial charge in [0.05, 0.1) is 0 Å². The molecule has 3 atom stereocenters. The molecule has 0 bridgehead atoms. The molecule has 0 spiro atoms. The lowest BCUT2D eigenvalue weighted by atomic mass is 9.89. The molecule has 4 nitrogen and oxygen atoms in total. The molecule has 32 heavy (non-hydrogen) atoms. The first-order valence-electron chi connectivity index (χ1n) is 11.3. The third-order valence-corrected chi connectivity index (χ3v) is 7.89. The fourth-order valence-corrected chi connectivity index (χ4v) is 6.11. The van der Waals surface area contributed by atoms with E-state index in [1.165, 1.54) is 10.5 Å². The van der Waals surface area contributed by atoms with Crippen LogP contribution in [0.5, 0.6) is 5.75 Å². The Bertz CT molecular complexity index is 1130. The Kier molecular flexibility index (Phi) is 6.26. The Hall–Kier alpha value is -2.28. The zero-order valence-corrected chi connectivity index (χ0v) is 19.1. The van der Waals surface area contributed by atoms with Gasteiger partial charge in [0.25, 0.3) is 0 Å². The van der Waals surface area contributed by atoms with Crippen molar-refractivity contribution < 1.29 is 14.2 Å². The molecule has 3 heterocycles. The van der Waals surface area contributed by atoms with Gasteiger partial charge in [-0.25, -0.2) is 4.39 Å². The fourth-order valence-electron chi connectivity index (χ4n) is 4.87. The number of hydrogen-bond acceptors (Lipinski definition) is 4. The smallest absolute Gasteiger partial charge is 0.128 e. The van der Waals surface area contributed by atoms with Crippen LogP contribution in [0, 0.1) is 11.7 Å². The van der Waals surface area contributed by atoms with E-state index >= 15 is 0 Å². The van der Waals surface area contributed by atoms with Crippen LogP contribution >= 0.6 is 11.8 Å². The number of rotatable bonds is 6. The van der Waals surface area contributed by atoms with E-state index in [0.29, 0.717) is 18.5 Å². The largest absolute Gasteiger partial charge is 0.490 e. The summed E-state index contributed by atoms with van der Waals surface area (Å²) in [4.78, 5) is 6.92. The first-order chi connectivity index (χ1) is 15.6. The summed E-state index contributed by atoms with van der Waals surface area (Å²) in [5.74, 6) is 2.05. The van der Waals surface area contributed by atoms with E-state index in [0.717, 1.165) is 47.4 Å². The van der Waals surface area contributed by atoms with E-state index in [1.54, 1.807) is 12.1 Å². The Balaban J connectivity index is 1.16. The highest BCUT2D eigenvalue weighted by atomic mass is 32.2. The number of likely N-dealkylation sites (tertiary alicyclic amines) is 1. The van der Waals surface area contributed by atoms with Crippen molar-refractivity contribution in [2.45, 2.75) is 37.7 Å². The molecule has 2 aliphatic rings. The zero-order chi connectivity index (χ0) is 22.1. The third kappa shape index (κ3) is 4.58. The van der Waals surface area contributed by atoms with E-state index in [9.17, 15) is 9.50 Å². The molecule has 0 aliphatic carbocycles. The van der Waals surface area contributed by atoms with Crippen LogP contribution in [-0.2, 0) is 5.75 Å². The minimum absolute atomic E-state index is 0.168. The minimum Gasteiger partial charge on any atom is -0.490 e. The van der Waals surface area contributed by atoms with Gasteiger partial charge in [0, 0.05) is 35.4 Å². The molecule has 1 saturated heterocycles. The lowest BCUT2D eigenvalue weighted by Gasteiger charge is -2.39. The standard InChI is InChI=1S/C26H29FN2O2S/c1-17-11-18(26-13-20-12-21(27)6-5-19(20)16-32-26)8-10-29(17)14-22(30)15-31-25-4-2-3-24-23(25)7-9-28-24/h2-7,9,12-13,17-18,22,28,30H,8,10-11,14-16H2,1H3/t17-,18?,22?/m0/s1.